The molecule has 4 heteroatoms. The Balaban J connectivity index is 3.02. The molecule has 0 atom stereocenters. The molecule has 0 bridgehead atoms. The molecule has 0 spiro atoms. The SMILES string of the molecule is COc1cccc2c(Br)c(C)[nH]c(=O)c12. The van der Waals surface area contributed by atoms with Gasteiger partial charge in [0.25, 0.3) is 5.56 Å². The molecule has 3 nitrogen and oxygen atoms in total. The number of aryl methyl sites for hydroxylation is 1. The average Bonchev–Trinajstić information content (AvgIpc) is 2.25. The molecule has 1 aromatic heterocycles. The molecule has 2 aromatic rings. The molecular weight excluding hydrogens is 258 g/mol. The van der Waals surface area contributed by atoms with Gasteiger partial charge < -0.3 is 9.72 Å². The summed E-state index contributed by atoms with van der Waals surface area (Å²) in [5.41, 5.74) is 0.698. The molecule has 15 heavy (non-hydrogen) atoms. The summed E-state index contributed by atoms with van der Waals surface area (Å²) in [6, 6.07) is 5.54. The number of rotatable bonds is 1. The number of hydrogen-bond donors (Lipinski definition) is 1. The van der Waals surface area contributed by atoms with Crippen LogP contribution in [-0.2, 0) is 0 Å². The van der Waals surface area contributed by atoms with Crippen molar-refractivity contribution in [3.63, 3.8) is 0 Å². The number of benzene rings is 1. The van der Waals surface area contributed by atoms with E-state index in [1.54, 1.807) is 13.2 Å². The van der Waals surface area contributed by atoms with Crippen LogP contribution in [0.25, 0.3) is 10.8 Å². The Hall–Kier alpha value is -1.29. The highest BCUT2D eigenvalue weighted by Crippen LogP contribution is 2.28. The number of hydrogen-bond acceptors (Lipinski definition) is 2. The number of nitrogens with one attached hydrogen (secondary N) is 1. The van der Waals surface area contributed by atoms with Crippen molar-refractivity contribution in [2.24, 2.45) is 0 Å². The third-order valence-electron chi connectivity index (χ3n) is 2.34. The number of pyridine rings is 1. The Morgan fingerprint density at radius 2 is 2.13 bits per heavy atom. The minimum Gasteiger partial charge on any atom is -0.496 e. The van der Waals surface area contributed by atoms with Crippen LogP contribution in [0.2, 0.25) is 0 Å². The van der Waals surface area contributed by atoms with Gasteiger partial charge in [0, 0.05) is 15.6 Å². The molecule has 0 aliphatic carbocycles. The Kier molecular flexibility index (Phi) is 2.52. The molecule has 0 saturated heterocycles. The van der Waals surface area contributed by atoms with Crippen molar-refractivity contribution in [1.29, 1.82) is 0 Å². The van der Waals surface area contributed by atoms with E-state index >= 15 is 0 Å². The van der Waals surface area contributed by atoms with Crippen molar-refractivity contribution in [2.45, 2.75) is 6.92 Å². The van der Waals surface area contributed by atoms with Crippen LogP contribution in [0.15, 0.2) is 27.5 Å². The predicted octanol–water partition coefficient (Wildman–Crippen LogP) is 2.61. The smallest absolute Gasteiger partial charge is 0.259 e. The molecule has 0 unspecified atom stereocenters. The maximum absolute atomic E-state index is 11.8. The molecule has 0 aliphatic rings. The summed E-state index contributed by atoms with van der Waals surface area (Å²) in [5.74, 6) is 0.592. The zero-order valence-corrected chi connectivity index (χ0v) is 10.0. The first-order valence-corrected chi connectivity index (χ1v) is 5.29. The van der Waals surface area contributed by atoms with Crippen LogP contribution in [0.1, 0.15) is 5.69 Å². The van der Waals surface area contributed by atoms with Crippen LogP contribution in [-0.4, -0.2) is 12.1 Å². The fourth-order valence-electron chi connectivity index (χ4n) is 1.61. The number of ether oxygens (including phenoxy) is 1. The van der Waals surface area contributed by atoms with Gasteiger partial charge >= 0.3 is 0 Å². The molecule has 0 amide bonds. The van der Waals surface area contributed by atoms with E-state index in [1.165, 1.54) is 0 Å². The lowest BCUT2D eigenvalue weighted by molar-refractivity contribution is 0.419. The van der Waals surface area contributed by atoms with Crippen molar-refractivity contribution in [3.05, 3.63) is 38.7 Å². The Morgan fingerprint density at radius 3 is 2.80 bits per heavy atom. The fourth-order valence-corrected chi connectivity index (χ4v) is 2.04. The average molecular weight is 268 g/mol. The number of H-pyrrole nitrogens is 1. The molecule has 0 radical (unpaired) electrons. The molecule has 0 fully saturated rings. The lowest BCUT2D eigenvalue weighted by Gasteiger charge is -2.07. The van der Waals surface area contributed by atoms with E-state index in [2.05, 4.69) is 20.9 Å². The van der Waals surface area contributed by atoms with E-state index in [9.17, 15) is 4.79 Å². The number of aromatic amines is 1. The summed E-state index contributed by atoms with van der Waals surface area (Å²) < 4.78 is 6.06. The van der Waals surface area contributed by atoms with Crippen LogP contribution < -0.4 is 10.3 Å². The molecule has 0 saturated carbocycles. The van der Waals surface area contributed by atoms with Gasteiger partial charge in [-0.3, -0.25) is 4.79 Å². The molecular formula is C11H10BrNO2. The summed E-state index contributed by atoms with van der Waals surface area (Å²) >= 11 is 3.45. The van der Waals surface area contributed by atoms with E-state index < -0.39 is 0 Å². The molecule has 1 N–H and O–H groups in total. The monoisotopic (exact) mass is 267 g/mol. The summed E-state index contributed by atoms with van der Waals surface area (Å²) in [6.07, 6.45) is 0. The van der Waals surface area contributed by atoms with Crippen molar-refractivity contribution >= 4 is 26.7 Å². The van der Waals surface area contributed by atoms with Gasteiger partial charge in [-0.2, -0.15) is 0 Å². The van der Waals surface area contributed by atoms with Crippen molar-refractivity contribution in [3.8, 4) is 5.75 Å². The third-order valence-corrected chi connectivity index (χ3v) is 3.36. The second-order valence-corrected chi connectivity index (χ2v) is 4.07. The zero-order valence-electron chi connectivity index (χ0n) is 8.43. The quantitative estimate of drug-likeness (QED) is 0.863. The van der Waals surface area contributed by atoms with Crippen LogP contribution >= 0.6 is 15.9 Å². The van der Waals surface area contributed by atoms with Crippen molar-refractivity contribution < 1.29 is 4.74 Å². The molecule has 2 rings (SSSR count). The van der Waals surface area contributed by atoms with Crippen molar-refractivity contribution in [2.75, 3.05) is 7.11 Å². The van der Waals surface area contributed by atoms with Crippen molar-refractivity contribution in [1.82, 2.24) is 4.98 Å². The van der Waals surface area contributed by atoms with Gasteiger partial charge in [0.2, 0.25) is 0 Å². The Bertz CT molecular complexity index is 575. The minimum atomic E-state index is -0.122. The minimum absolute atomic E-state index is 0.122. The van der Waals surface area contributed by atoms with E-state index in [0.29, 0.717) is 11.1 Å². The summed E-state index contributed by atoms with van der Waals surface area (Å²) in [4.78, 5) is 14.5. The standard InChI is InChI=1S/C11H10BrNO2/c1-6-10(12)7-4-3-5-8(15-2)9(7)11(14)13-6/h3-5H,1-2H3,(H,13,14). The second kappa shape index (κ2) is 3.70. The van der Waals surface area contributed by atoms with Gasteiger partial charge in [-0.1, -0.05) is 12.1 Å². The number of methoxy groups -OCH3 is 1. The number of halogens is 1. The van der Waals surface area contributed by atoms with Crippen LogP contribution in [0.4, 0.5) is 0 Å². The highest BCUT2D eigenvalue weighted by atomic mass is 79.9. The van der Waals surface area contributed by atoms with Gasteiger partial charge in [0.05, 0.1) is 12.5 Å². The van der Waals surface area contributed by atoms with E-state index in [4.69, 9.17) is 4.74 Å². The molecule has 0 aliphatic heterocycles. The molecule has 78 valence electrons. The largest absolute Gasteiger partial charge is 0.496 e. The topological polar surface area (TPSA) is 42.1 Å². The maximum Gasteiger partial charge on any atom is 0.259 e. The third kappa shape index (κ3) is 1.55. The highest BCUT2D eigenvalue weighted by molar-refractivity contribution is 9.10. The zero-order chi connectivity index (χ0) is 11.0. The van der Waals surface area contributed by atoms with E-state index in [0.717, 1.165) is 15.6 Å². The van der Waals surface area contributed by atoms with Gasteiger partial charge in [-0.25, -0.2) is 0 Å². The van der Waals surface area contributed by atoms with Crippen LogP contribution in [0.3, 0.4) is 0 Å². The Morgan fingerprint density at radius 1 is 1.40 bits per heavy atom. The fraction of sp³-hybridized carbons (Fsp3) is 0.182. The normalized spacial score (nSPS) is 10.6. The summed E-state index contributed by atoms with van der Waals surface area (Å²) in [6.45, 7) is 1.85. The van der Waals surface area contributed by atoms with Gasteiger partial charge in [0.15, 0.2) is 0 Å². The Labute approximate surface area is 95.2 Å². The van der Waals surface area contributed by atoms with E-state index in [1.807, 2.05) is 19.1 Å². The van der Waals surface area contributed by atoms with Gasteiger partial charge in [-0.15, -0.1) is 0 Å². The maximum atomic E-state index is 11.8. The molecule has 1 heterocycles. The first kappa shape index (κ1) is 10.2. The molecule has 1 aromatic carbocycles. The van der Waals surface area contributed by atoms with Crippen LogP contribution in [0.5, 0.6) is 5.75 Å². The second-order valence-electron chi connectivity index (χ2n) is 3.28. The first-order chi connectivity index (χ1) is 7.15. The predicted molar refractivity (Wildman–Crippen MR) is 63.6 cm³/mol. The van der Waals surface area contributed by atoms with Gasteiger partial charge in [0.1, 0.15) is 5.75 Å². The summed E-state index contributed by atoms with van der Waals surface area (Å²) in [5, 5.41) is 1.45. The highest BCUT2D eigenvalue weighted by Gasteiger charge is 2.10. The lowest BCUT2D eigenvalue weighted by atomic mass is 10.1. The van der Waals surface area contributed by atoms with E-state index in [-0.39, 0.29) is 5.56 Å². The lowest BCUT2D eigenvalue weighted by Crippen LogP contribution is -2.09. The number of aromatic nitrogens is 1. The first-order valence-electron chi connectivity index (χ1n) is 4.50. The summed E-state index contributed by atoms with van der Waals surface area (Å²) in [7, 11) is 1.56. The van der Waals surface area contributed by atoms with Crippen LogP contribution in [0, 0.1) is 6.92 Å². The number of fused-ring (bicyclic) bond motifs is 1. The van der Waals surface area contributed by atoms with Gasteiger partial charge in [-0.05, 0) is 28.9 Å².